The maximum Gasteiger partial charge on any atom is 0.108 e. The van der Waals surface area contributed by atoms with E-state index >= 15 is 0 Å². The molecular weight excluding hydrogens is 162 g/mol. The first kappa shape index (κ1) is 10.3. The molecular formula is C10H19N3. The predicted octanol–water partition coefficient (Wildman–Crippen LogP) is 1.43. The summed E-state index contributed by atoms with van der Waals surface area (Å²) in [4.78, 5) is 4.32. The van der Waals surface area contributed by atoms with Crippen LogP contribution in [0.25, 0.3) is 0 Å². The number of nitrogens with two attached hydrogens (primary N) is 1. The first-order chi connectivity index (χ1) is 6.27. The van der Waals surface area contributed by atoms with Crippen LogP contribution < -0.4 is 5.73 Å². The van der Waals surface area contributed by atoms with E-state index in [2.05, 4.69) is 23.4 Å². The van der Waals surface area contributed by atoms with E-state index in [1.165, 1.54) is 5.82 Å². The van der Waals surface area contributed by atoms with Gasteiger partial charge in [-0.15, -0.1) is 0 Å². The third-order valence-electron chi connectivity index (χ3n) is 2.19. The maximum atomic E-state index is 5.58. The quantitative estimate of drug-likeness (QED) is 0.746. The molecule has 1 rings (SSSR count). The fourth-order valence-electron chi connectivity index (χ4n) is 1.37. The fourth-order valence-corrected chi connectivity index (χ4v) is 1.37. The summed E-state index contributed by atoms with van der Waals surface area (Å²) in [6, 6.07) is 0. The second-order valence-corrected chi connectivity index (χ2v) is 3.59. The second-order valence-electron chi connectivity index (χ2n) is 3.59. The Hall–Kier alpha value is -0.830. The van der Waals surface area contributed by atoms with E-state index in [4.69, 9.17) is 5.73 Å². The third-order valence-corrected chi connectivity index (χ3v) is 2.19. The van der Waals surface area contributed by atoms with Crippen molar-refractivity contribution in [2.75, 3.05) is 6.54 Å². The van der Waals surface area contributed by atoms with Crippen molar-refractivity contribution in [3.8, 4) is 0 Å². The summed E-state index contributed by atoms with van der Waals surface area (Å²) < 4.78 is 2.21. The van der Waals surface area contributed by atoms with Crippen LogP contribution in [0.3, 0.4) is 0 Å². The van der Waals surface area contributed by atoms with Gasteiger partial charge in [0.1, 0.15) is 5.82 Å². The van der Waals surface area contributed by atoms with Crippen LogP contribution in [-0.4, -0.2) is 16.1 Å². The van der Waals surface area contributed by atoms with Crippen molar-refractivity contribution in [1.29, 1.82) is 0 Å². The molecule has 0 bridgehead atoms. The summed E-state index contributed by atoms with van der Waals surface area (Å²) in [5.74, 6) is 1.72. The van der Waals surface area contributed by atoms with E-state index < -0.39 is 0 Å². The van der Waals surface area contributed by atoms with Crippen LogP contribution >= 0.6 is 0 Å². The maximum absolute atomic E-state index is 5.58. The molecule has 1 heterocycles. The van der Waals surface area contributed by atoms with E-state index in [0.717, 1.165) is 25.9 Å². The number of hydrogen-bond donors (Lipinski definition) is 1. The van der Waals surface area contributed by atoms with Gasteiger partial charge in [0.15, 0.2) is 0 Å². The van der Waals surface area contributed by atoms with Gasteiger partial charge in [-0.25, -0.2) is 4.98 Å². The summed E-state index contributed by atoms with van der Waals surface area (Å²) in [5, 5.41) is 0. The summed E-state index contributed by atoms with van der Waals surface area (Å²) in [6.07, 6.45) is 6.11. The Morgan fingerprint density at radius 1 is 1.62 bits per heavy atom. The number of aromatic nitrogens is 2. The lowest BCUT2D eigenvalue weighted by Gasteiger charge is -2.11. The molecule has 74 valence electrons. The molecule has 0 fully saturated rings. The van der Waals surface area contributed by atoms with E-state index in [1.54, 1.807) is 0 Å². The van der Waals surface area contributed by atoms with Gasteiger partial charge in [-0.05, 0) is 18.9 Å². The first-order valence-electron chi connectivity index (χ1n) is 4.98. The van der Waals surface area contributed by atoms with Crippen molar-refractivity contribution in [3.63, 3.8) is 0 Å². The fraction of sp³-hybridized carbons (Fsp3) is 0.700. The zero-order valence-electron chi connectivity index (χ0n) is 8.53. The largest absolute Gasteiger partial charge is 0.335 e. The lowest BCUT2D eigenvalue weighted by Crippen LogP contribution is -2.18. The molecule has 0 saturated carbocycles. The average Bonchev–Trinajstić information content (AvgIpc) is 2.54. The highest BCUT2D eigenvalue weighted by molar-refractivity contribution is 4.92. The lowest BCUT2D eigenvalue weighted by molar-refractivity contribution is 0.478. The predicted molar refractivity (Wildman–Crippen MR) is 54.4 cm³/mol. The standard InChI is InChI=1S/C10H19N3/c1-3-4-10-12-5-6-13(10)8-9(2)7-11/h5-6,9H,3-4,7-8,11H2,1-2H3. The van der Waals surface area contributed by atoms with Gasteiger partial charge in [-0.1, -0.05) is 13.8 Å². The lowest BCUT2D eigenvalue weighted by atomic mass is 10.2. The zero-order valence-corrected chi connectivity index (χ0v) is 8.53. The highest BCUT2D eigenvalue weighted by atomic mass is 15.1. The second kappa shape index (κ2) is 5.02. The van der Waals surface area contributed by atoms with Gasteiger partial charge in [0.25, 0.3) is 0 Å². The van der Waals surface area contributed by atoms with Crippen LogP contribution in [0.2, 0.25) is 0 Å². The monoisotopic (exact) mass is 181 g/mol. The Bertz CT molecular complexity index is 242. The van der Waals surface area contributed by atoms with Crippen LogP contribution in [0.15, 0.2) is 12.4 Å². The van der Waals surface area contributed by atoms with Crippen molar-refractivity contribution in [2.24, 2.45) is 11.7 Å². The normalized spacial score (nSPS) is 13.2. The molecule has 0 aromatic carbocycles. The first-order valence-corrected chi connectivity index (χ1v) is 4.98. The smallest absolute Gasteiger partial charge is 0.108 e. The van der Waals surface area contributed by atoms with Crippen molar-refractivity contribution >= 4 is 0 Å². The Labute approximate surface area is 80.0 Å². The van der Waals surface area contributed by atoms with Crippen LogP contribution in [0, 0.1) is 5.92 Å². The van der Waals surface area contributed by atoms with Crippen LogP contribution in [0.1, 0.15) is 26.1 Å². The van der Waals surface area contributed by atoms with Gasteiger partial charge in [-0.3, -0.25) is 0 Å². The SMILES string of the molecule is CCCc1nccn1CC(C)CN. The Morgan fingerprint density at radius 3 is 3.00 bits per heavy atom. The van der Waals surface area contributed by atoms with Crippen molar-refractivity contribution in [3.05, 3.63) is 18.2 Å². The molecule has 2 N–H and O–H groups in total. The van der Waals surface area contributed by atoms with E-state index in [-0.39, 0.29) is 0 Å². The van der Waals surface area contributed by atoms with Crippen LogP contribution in [0.4, 0.5) is 0 Å². The van der Waals surface area contributed by atoms with Crippen molar-refractivity contribution < 1.29 is 0 Å². The Kier molecular flexibility index (Phi) is 3.96. The molecule has 0 aliphatic rings. The third kappa shape index (κ3) is 2.84. The van der Waals surface area contributed by atoms with Gasteiger partial charge in [0.2, 0.25) is 0 Å². The van der Waals surface area contributed by atoms with E-state index in [9.17, 15) is 0 Å². The van der Waals surface area contributed by atoms with Crippen LogP contribution in [-0.2, 0) is 13.0 Å². The van der Waals surface area contributed by atoms with Crippen LogP contribution in [0.5, 0.6) is 0 Å². The summed E-state index contributed by atoms with van der Waals surface area (Å²) >= 11 is 0. The number of aryl methyl sites for hydroxylation is 1. The van der Waals surface area contributed by atoms with Gasteiger partial charge >= 0.3 is 0 Å². The molecule has 0 spiro atoms. The topological polar surface area (TPSA) is 43.8 Å². The van der Waals surface area contributed by atoms with Crippen molar-refractivity contribution in [2.45, 2.75) is 33.2 Å². The number of hydrogen-bond acceptors (Lipinski definition) is 2. The minimum Gasteiger partial charge on any atom is -0.335 e. The molecule has 0 aliphatic carbocycles. The van der Waals surface area contributed by atoms with Gasteiger partial charge < -0.3 is 10.3 Å². The molecule has 13 heavy (non-hydrogen) atoms. The Morgan fingerprint density at radius 2 is 2.38 bits per heavy atom. The molecule has 0 radical (unpaired) electrons. The summed E-state index contributed by atoms with van der Waals surface area (Å²) in [5.41, 5.74) is 5.58. The number of imidazole rings is 1. The minimum absolute atomic E-state index is 0.532. The molecule has 0 saturated heterocycles. The molecule has 3 nitrogen and oxygen atoms in total. The van der Waals surface area contributed by atoms with Gasteiger partial charge in [-0.2, -0.15) is 0 Å². The molecule has 0 amide bonds. The zero-order chi connectivity index (χ0) is 9.68. The van der Waals surface area contributed by atoms with E-state index in [0.29, 0.717) is 5.92 Å². The molecule has 1 atom stereocenters. The summed E-state index contributed by atoms with van der Waals surface area (Å²) in [6.45, 7) is 6.07. The van der Waals surface area contributed by atoms with Crippen molar-refractivity contribution in [1.82, 2.24) is 9.55 Å². The van der Waals surface area contributed by atoms with E-state index in [1.807, 2.05) is 12.4 Å². The highest BCUT2D eigenvalue weighted by Gasteiger charge is 2.04. The molecule has 0 aliphatic heterocycles. The molecule has 1 aromatic heterocycles. The number of rotatable bonds is 5. The van der Waals surface area contributed by atoms with Gasteiger partial charge in [0, 0.05) is 25.4 Å². The summed E-state index contributed by atoms with van der Waals surface area (Å²) in [7, 11) is 0. The molecule has 3 heteroatoms. The molecule has 1 aromatic rings. The van der Waals surface area contributed by atoms with Gasteiger partial charge in [0.05, 0.1) is 0 Å². The average molecular weight is 181 g/mol. The highest BCUT2D eigenvalue weighted by Crippen LogP contribution is 2.05. The minimum atomic E-state index is 0.532. The molecule has 1 unspecified atom stereocenters. The number of nitrogens with zero attached hydrogens (tertiary/aromatic N) is 2. The Balaban J connectivity index is 2.59.